The number of nitrogens with zero attached hydrogens (tertiary/aromatic N) is 1. The molecule has 0 N–H and O–H groups in total. The maximum atomic E-state index is 13.1. The molecule has 0 radical (unpaired) electrons. The number of amides is 1. The Labute approximate surface area is 158 Å². The SMILES string of the molecule is COC(=O)c1ccc2c(c1)CCN2C(=O)c1ccccc1S(=O)(=O)C(C)C. The summed E-state index contributed by atoms with van der Waals surface area (Å²) in [5.41, 5.74) is 2.13. The average Bonchev–Trinajstić information content (AvgIpc) is 3.09. The van der Waals surface area contributed by atoms with Crippen LogP contribution < -0.4 is 4.90 Å². The van der Waals surface area contributed by atoms with E-state index in [1.807, 2.05) is 0 Å². The van der Waals surface area contributed by atoms with Crippen molar-refractivity contribution in [2.45, 2.75) is 30.4 Å². The number of carbonyl (C=O) groups is 2. The molecule has 0 unspecified atom stereocenters. The van der Waals surface area contributed by atoms with E-state index in [0.717, 1.165) is 5.56 Å². The lowest BCUT2D eigenvalue weighted by Crippen LogP contribution is -2.31. The van der Waals surface area contributed by atoms with Crippen molar-refractivity contribution in [3.63, 3.8) is 0 Å². The number of esters is 1. The lowest BCUT2D eigenvalue weighted by molar-refractivity contribution is 0.0600. The first kappa shape index (κ1) is 19.1. The first-order valence-electron chi connectivity index (χ1n) is 8.63. The summed E-state index contributed by atoms with van der Waals surface area (Å²) in [6.07, 6.45) is 0.588. The number of hydrogen-bond donors (Lipinski definition) is 0. The van der Waals surface area contributed by atoms with Gasteiger partial charge < -0.3 is 9.64 Å². The monoisotopic (exact) mass is 387 g/mol. The number of hydrogen-bond acceptors (Lipinski definition) is 5. The Morgan fingerprint density at radius 2 is 1.81 bits per heavy atom. The highest BCUT2D eigenvalue weighted by Crippen LogP contribution is 2.32. The van der Waals surface area contributed by atoms with E-state index in [9.17, 15) is 18.0 Å². The van der Waals surface area contributed by atoms with Crippen molar-refractivity contribution in [1.29, 1.82) is 0 Å². The van der Waals surface area contributed by atoms with Crippen LogP contribution in [-0.4, -0.2) is 39.2 Å². The van der Waals surface area contributed by atoms with E-state index < -0.39 is 21.1 Å². The molecule has 0 saturated heterocycles. The van der Waals surface area contributed by atoms with Crippen molar-refractivity contribution >= 4 is 27.4 Å². The Morgan fingerprint density at radius 1 is 1.11 bits per heavy atom. The van der Waals surface area contributed by atoms with E-state index in [0.29, 0.717) is 24.2 Å². The second kappa shape index (κ2) is 7.15. The molecular weight excluding hydrogens is 366 g/mol. The quantitative estimate of drug-likeness (QED) is 0.754. The van der Waals surface area contributed by atoms with Crippen LogP contribution in [0.3, 0.4) is 0 Å². The minimum absolute atomic E-state index is 0.0460. The van der Waals surface area contributed by atoms with E-state index in [1.54, 1.807) is 55.1 Å². The highest BCUT2D eigenvalue weighted by Gasteiger charge is 2.31. The van der Waals surface area contributed by atoms with Gasteiger partial charge >= 0.3 is 5.97 Å². The lowest BCUT2D eigenvalue weighted by Gasteiger charge is -2.20. The van der Waals surface area contributed by atoms with Gasteiger partial charge in [-0.3, -0.25) is 4.79 Å². The molecule has 27 heavy (non-hydrogen) atoms. The lowest BCUT2D eigenvalue weighted by atomic mass is 10.1. The molecular formula is C20H21NO5S. The van der Waals surface area contributed by atoms with Gasteiger partial charge in [-0.25, -0.2) is 13.2 Å². The highest BCUT2D eigenvalue weighted by atomic mass is 32.2. The Bertz CT molecular complexity index is 1010. The zero-order chi connectivity index (χ0) is 19.8. The number of rotatable bonds is 4. The molecule has 6 nitrogen and oxygen atoms in total. The van der Waals surface area contributed by atoms with Crippen LogP contribution in [-0.2, 0) is 21.0 Å². The molecule has 0 saturated carbocycles. The van der Waals surface area contributed by atoms with Crippen LogP contribution in [0.1, 0.15) is 40.1 Å². The van der Waals surface area contributed by atoms with Gasteiger partial charge in [-0.1, -0.05) is 12.1 Å². The van der Waals surface area contributed by atoms with Gasteiger partial charge in [0.2, 0.25) is 0 Å². The van der Waals surface area contributed by atoms with Gasteiger partial charge in [0.25, 0.3) is 5.91 Å². The van der Waals surface area contributed by atoms with E-state index in [1.165, 1.54) is 13.2 Å². The summed E-state index contributed by atoms with van der Waals surface area (Å²) in [5.74, 6) is -0.796. The molecule has 1 aliphatic rings. The summed E-state index contributed by atoms with van der Waals surface area (Å²) < 4.78 is 30.0. The second-order valence-corrected chi connectivity index (χ2v) is 9.10. The molecule has 0 spiro atoms. The molecule has 1 amide bonds. The Morgan fingerprint density at radius 3 is 2.48 bits per heavy atom. The summed E-state index contributed by atoms with van der Waals surface area (Å²) in [4.78, 5) is 26.5. The van der Waals surface area contributed by atoms with Crippen molar-refractivity contribution in [1.82, 2.24) is 0 Å². The first-order valence-corrected chi connectivity index (χ1v) is 10.2. The van der Waals surface area contributed by atoms with Crippen LogP contribution in [0.5, 0.6) is 0 Å². The zero-order valence-electron chi connectivity index (χ0n) is 15.4. The maximum Gasteiger partial charge on any atom is 0.337 e. The topological polar surface area (TPSA) is 80.8 Å². The molecule has 7 heteroatoms. The van der Waals surface area contributed by atoms with Gasteiger partial charge in [-0.05, 0) is 56.2 Å². The standard InChI is InChI=1S/C20H21NO5S/c1-13(2)27(24,25)18-7-5-4-6-16(18)19(22)21-11-10-14-12-15(20(23)26-3)8-9-17(14)21/h4-9,12-13H,10-11H2,1-3H3. The predicted octanol–water partition coefficient (Wildman–Crippen LogP) is 2.86. The van der Waals surface area contributed by atoms with Crippen LogP contribution in [0.15, 0.2) is 47.4 Å². The van der Waals surface area contributed by atoms with Crippen LogP contribution in [0.25, 0.3) is 0 Å². The number of carbonyl (C=O) groups excluding carboxylic acids is 2. The number of anilines is 1. The van der Waals surface area contributed by atoms with Crippen molar-refractivity contribution in [2.75, 3.05) is 18.6 Å². The van der Waals surface area contributed by atoms with Gasteiger partial charge in [0, 0.05) is 12.2 Å². The number of fused-ring (bicyclic) bond motifs is 1. The number of sulfone groups is 1. The number of ether oxygens (including phenoxy) is 1. The zero-order valence-corrected chi connectivity index (χ0v) is 16.2. The molecule has 1 aliphatic heterocycles. The third-order valence-corrected chi connectivity index (χ3v) is 6.90. The molecule has 0 bridgehead atoms. The van der Waals surface area contributed by atoms with E-state index in [4.69, 9.17) is 4.74 Å². The molecule has 0 aliphatic carbocycles. The fraction of sp³-hybridized carbons (Fsp3) is 0.300. The normalized spacial score (nSPS) is 13.6. The maximum absolute atomic E-state index is 13.1. The van der Waals surface area contributed by atoms with Crippen molar-refractivity contribution < 1.29 is 22.7 Å². The largest absolute Gasteiger partial charge is 0.465 e. The minimum Gasteiger partial charge on any atom is -0.465 e. The van der Waals surface area contributed by atoms with E-state index >= 15 is 0 Å². The summed E-state index contributed by atoms with van der Waals surface area (Å²) >= 11 is 0. The molecule has 2 aromatic rings. The average molecular weight is 387 g/mol. The van der Waals surface area contributed by atoms with Crippen LogP contribution in [0, 0.1) is 0 Å². The molecule has 3 rings (SSSR count). The van der Waals surface area contributed by atoms with Gasteiger partial charge in [0.15, 0.2) is 9.84 Å². The minimum atomic E-state index is -3.59. The molecule has 0 atom stereocenters. The van der Waals surface area contributed by atoms with Gasteiger partial charge in [0.05, 0.1) is 28.4 Å². The number of methoxy groups -OCH3 is 1. The Hall–Kier alpha value is -2.67. The Balaban J connectivity index is 2.00. The number of benzene rings is 2. The van der Waals surface area contributed by atoms with Crippen LogP contribution in [0.2, 0.25) is 0 Å². The third kappa shape index (κ3) is 3.35. The summed E-state index contributed by atoms with van der Waals surface area (Å²) in [5, 5.41) is -0.625. The van der Waals surface area contributed by atoms with Gasteiger partial charge in [-0.15, -0.1) is 0 Å². The Kier molecular flexibility index (Phi) is 5.06. The van der Waals surface area contributed by atoms with Gasteiger partial charge in [0.1, 0.15) is 0 Å². The molecule has 1 heterocycles. The van der Waals surface area contributed by atoms with Crippen molar-refractivity contribution in [3.05, 3.63) is 59.2 Å². The van der Waals surface area contributed by atoms with Gasteiger partial charge in [-0.2, -0.15) is 0 Å². The molecule has 0 fully saturated rings. The summed E-state index contributed by atoms with van der Waals surface area (Å²) in [6.45, 7) is 3.61. The smallest absolute Gasteiger partial charge is 0.337 e. The van der Waals surface area contributed by atoms with Crippen LogP contribution in [0.4, 0.5) is 5.69 Å². The molecule has 0 aromatic heterocycles. The summed E-state index contributed by atoms with van der Waals surface area (Å²) in [7, 11) is -2.27. The fourth-order valence-electron chi connectivity index (χ4n) is 3.15. The molecule has 142 valence electrons. The first-order chi connectivity index (χ1) is 12.8. The van der Waals surface area contributed by atoms with Crippen molar-refractivity contribution in [2.24, 2.45) is 0 Å². The van der Waals surface area contributed by atoms with Crippen molar-refractivity contribution in [3.8, 4) is 0 Å². The highest BCUT2D eigenvalue weighted by molar-refractivity contribution is 7.92. The summed E-state index contributed by atoms with van der Waals surface area (Å²) in [6, 6.07) is 11.3. The molecule has 2 aromatic carbocycles. The second-order valence-electron chi connectivity index (χ2n) is 6.63. The van der Waals surface area contributed by atoms with Crippen LogP contribution >= 0.6 is 0 Å². The third-order valence-electron chi connectivity index (χ3n) is 4.69. The van der Waals surface area contributed by atoms with E-state index in [2.05, 4.69) is 0 Å². The van der Waals surface area contributed by atoms with E-state index in [-0.39, 0.29) is 16.4 Å². The predicted molar refractivity (Wildman–Crippen MR) is 102 cm³/mol. The fourth-order valence-corrected chi connectivity index (χ4v) is 4.39.